The Labute approximate surface area is 165 Å². The fraction of sp³-hybridized carbons (Fsp3) is 0.222. The maximum absolute atomic E-state index is 14.5. The van der Waals surface area contributed by atoms with Crippen LogP contribution < -0.4 is 10.6 Å². The van der Waals surface area contributed by atoms with E-state index in [1.165, 1.54) is 18.0 Å². The monoisotopic (exact) mass is 413 g/mol. The number of benzodiazepines with no additional fused rings is 1. The van der Waals surface area contributed by atoms with Crippen LogP contribution in [0.2, 0.25) is 15.1 Å². The second-order valence-electron chi connectivity index (χ2n) is 6.44. The van der Waals surface area contributed by atoms with E-state index < -0.39 is 11.4 Å². The van der Waals surface area contributed by atoms with Crippen molar-refractivity contribution in [2.45, 2.75) is 19.4 Å². The van der Waals surface area contributed by atoms with E-state index in [0.717, 1.165) is 0 Å². The van der Waals surface area contributed by atoms with Gasteiger partial charge in [-0.15, -0.1) is 0 Å². The third-order valence-corrected chi connectivity index (χ3v) is 5.50. The summed E-state index contributed by atoms with van der Waals surface area (Å²) in [6.45, 7) is 3.26. The third-order valence-electron chi connectivity index (χ3n) is 4.25. The van der Waals surface area contributed by atoms with Crippen LogP contribution in [0, 0.1) is 5.82 Å². The van der Waals surface area contributed by atoms with Crippen LogP contribution in [-0.4, -0.2) is 24.2 Å². The first kappa shape index (κ1) is 19.0. The molecule has 0 spiro atoms. The Hall–Kier alpha value is -1.82. The number of nitrogens with zero attached hydrogens (tertiary/aromatic N) is 2. The maximum Gasteiger partial charge on any atom is 0.254 e. The van der Waals surface area contributed by atoms with Crippen LogP contribution >= 0.6 is 34.8 Å². The lowest BCUT2D eigenvalue weighted by Crippen LogP contribution is -2.41. The zero-order valence-electron chi connectivity index (χ0n) is 14.2. The lowest BCUT2D eigenvalue weighted by molar-refractivity contribution is -0.122. The molecule has 0 radical (unpaired) electrons. The molecule has 0 saturated carbocycles. The SMILES string of the molecule is CN1C(=O)C(C)(C)N=C(c2ccccc2F)c2c(Cl)c(N)c(Cl)c(Cl)c21. The smallest absolute Gasteiger partial charge is 0.254 e. The highest BCUT2D eigenvalue weighted by Gasteiger charge is 2.39. The molecule has 0 unspecified atom stereocenters. The van der Waals surface area contributed by atoms with Gasteiger partial charge in [-0.05, 0) is 26.0 Å². The number of rotatable bonds is 1. The molecule has 1 aliphatic heterocycles. The number of carbonyl (C=O) groups is 1. The summed E-state index contributed by atoms with van der Waals surface area (Å²) in [6, 6.07) is 6.08. The average Bonchev–Trinajstić information content (AvgIpc) is 2.67. The molecular weight excluding hydrogens is 400 g/mol. The van der Waals surface area contributed by atoms with Crippen molar-refractivity contribution in [2.75, 3.05) is 17.7 Å². The van der Waals surface area contributed by atoms with Crippen LogP contribution in [0.1, 0.15) is 25.0 Å². The number of hydrogen-bond donors (Lipinski definition) is 1. The molecule has 1 aliphatic rings. The number of nitrogen functional groups attached to an aromatic ring is 1. The van der Waals surface area contributed by atoms with Gasteiger partial charge in [-0.1, -0.05) is 46.9 Å². The van der Waals surface area contributed by atoms with Crippen molar-refractivity contribution in [3.8, 4) is 0 Å². The Morgan fingerprint density at radius 1 is 1.12 bits per heavy atom. The van der Waals surface area contributed by atoms with Gasteiger partial charge in [0.25, 0.3) is 5.91 Å². The van der Waals surface area contributed by atoms with Crippen LogP contribution in [0.15, 0.2) is 29.3 Å². The van der Waals surface area contributed by atoms with Gasteiger partial charge in [0.15, 0.2) is 0 Å². The molecule has 0 aromatic heterocycles. The van der Waals surface area contributed by atoms with E-state index in [1.54, 1.807) is 32.0 Å². The van der Waals surface area contributed by atoms with E-state index in [4.69, 9.17) is 40.5 Å². The van der Waals surface area contributed by atoms with Crippen LogP contribution in [0.3, 0.4) is 0 Å². The zero-order valence-corrected chi connectivity index (χ0v) is 16.5. The first-order chi connectivity index (χ1) is 12.1. The Bertz CT molecular complexity index is 973. The second kappa shape index (κ2) is 6.41. The molecule has 0 atom stereocenters. The third kappa shape index (κ3) is 2.75. The fourth-order valence-corrected chi connectivity index (χ4v) is 3.77. The average molecular weight is 415 g/mol. The van der Waals surface area contributed by atoms with Gasteiger partial charge in [0.1, 0.15) is 11.4 Å². The van der Waals surface area contributed by atoms with Gasteiger partial charge in [0.2, 0.25) is 0 Å². The lowest BCUT2D eigenvalue weighted by Gasteiger charge is -2.26. The minimum absolute atomic E-state index is 0.0302. The highest BCUT2D eigenvalue weighted by molar-refractivity contribution is 6.50. The number of nitrogens with two attached hydrogens (primary N) is 1. The molecule has 0 fully saturated rings. The van der Waals surface area contributed by atoms with Crippen LogP contribution in [-0.2, 0) is 4.79 Å². The highest BCUT2D eigenvalue weighted by atomic mass is 35.5. The van der Waals surface area contributed by atoms with Crippen molar-refractivity contribution in [1.29, 1.82) is 0 Å². The maximum atomic E-state index is 14.5. The predicted molar refractivity (Wildman–Crippen MR) is 105 cm³/mol. The normalized spacial score (nSPS) is 16.2. The number of benzene rings is 2. The molecule has 136 valence electrons. The highest BCUT2D eigenvalue weighted by Crippen LogP contribution is 2.47. The Morgan fingerprint density at radius 2 is 1.73 bits per heavy atom. The van der Waals surface area contributed by atoms with Crippen molar-refractivity contribution in [3.05, 3.63) is 56.3 Å². The van der Waals surface area contributed by atoms with E-state index in [9.17, 15) is 9.18 Å². The molecule has 3 rings (SSSR count). The summed E-state index contributed by atoms with van der Waals surface area (Å²) in [6.07, 6.45) is 0. The van der Waals surface area contributed by atoms with E-state index in [0.29, 0.717) is 0 Å². The summed E-state index contributed by atoms with van der Waals surface area (Å²) < 4.78 is 14.5. The number of hydrogen-bond acceptors (Lipinski definition) is 3. The van der Waals surface area contributed by atoms with Gasteiger partial charge in [0, 0.05) is 18.2 Å². The lowest BCUT2D eigenvalue weighted by atomic mass is 9.98. The van der Waals surface area contributed by atoms with Gasteiger partial charge in [0.05, 0.1) is 32.2 Å². The number of amides is 1. The molecule has 26 heavy (non-hydrogen) atoms. The first-order valence-corrected chi connectivity index (χ1v) is 8.80. The molecule has 1 amide bonds. The minimum Gasteiger partial charge on any atom is -0.396 e. The van der Waals surface area contributed by atoms with Crippen molar-refractivity contribution in [1.82, 2.24) is 0 Å². The number of halogens is 4. The molecule has 4 nitrogen and oxygen atoms in total. The second-order valence-corrected chi connectivity index (χ2v) is 7.58. The van der Waals surface area contributed by atoms with Crippen molar-refractivity contribution >= 4 is 57.8 Å². The predicted octanol–water partition coefficient (Wildman–Crippen LogP) is 4.96. The molecule has 2 aromatic carbocycles. The summed E-state index contributed by atoms with van der Waals surface area (Å²) in [5.74, 6) is -0.852. The van der Waals surface area contributed by atoms with E-state index in [-0.39, 0.29) is 49.2 Å². The minimum atomic E-state index is -1.18. The molecule has 2 aromatic rings. The van der Waals surface area contributed by atoms with Gasteiger partial charge >= 0.3 is 0 Å². The molecular formula is C18H15Cl3FN3O. The Kier molecular flexibility index (Phi) is 4.67. The molecule has 2 N–H and O–H groups in total. The summed E-state index contributed by atoms with van der Waals surface area (Å²) in [5, 5.41) is 0.151. The number of carbonyl (C=O) groups excluding carboxylic acids is 1. The molecule has 0 bridgehead atoms. The molecule has 0 aliphatic carbocycles. The number of anilines is 2. The van der Waals surface area contributed by atoms with Crippen molar-refractivity contribution in [3.63, 3.8) is 0 Å². The summed E-state index contributed by atoms with van der Waals surface area (Å²) in [4.78, 5) is 18.8. The van der Waals surface area contributed by atoms with Crippen LogP contribution in [0.4, 0.5) is 15.8 Å². The Morgan fingerprint density at radius 3 is 2.35 bits per heavy atom. The van der Waals surface area contributed by atoms with Crippen molar-refractivity contribution in [2.24, 2.45) is 4.99 Å². The fourth-order valence-electron chi connectivity index (χ4n) is 2.94. The number of aliphatic imine (C=N–C) groups is 1. The number of likely N-dealkylation sites (N-methyl/N-ethyl adjacent to an activating group) is 1. The quantitative estimate of drug-likeness (QED) is 0.529. The topological polar surface area (TPSA) is 58.7 Å². The molecule has 1 heterocycles. The van der Waals surface area contributed by atoms with Crippen LogP contribution in [0.5, 0.6) is 0 Å². The van der Waals surface area contributed by atoms with E-state index >= 15 is 0 Å². The van der Waals surface area contributed by atoms with Crippen molar-refractivity contribution < 1.29 is 9.18 Å². The van der Waals surface area contributed by atoms with Crippen LogP contribution in [0.25, 0.3) is 0 Å². The number of fused-ring (bicyclic) bond motifs is 1. The van der Waals surface area contributed by atoms with E-state index in [2.05, 4.69) is 4.99 Å². The van der Waals surface area contributed by atoms with Gasteiger partial charge < -0.3 is 10.6 Å². The zero-order chi connectivity index (χ0) is 19.4. The standard InChI is InChI=1S/C18H15Cl3FN3O/c1-18(2)17(26)25(3)16-10(11(19)14(23)12(20)13(16)21)15(24-18)8-6-4-5-7-9(8)22/h4-7H,23H2,1-3H3. The summed E-state index contributed by atoms with van der Waals surface area (Å²) in [5.41, 5.74) is 5.73. The van der Waals surface area contributed by atoms with Gasteiger partial charge in [-0.2, -0.15) is 0 Å². The summed E-state index contributed by atoms with van der Waals surface area (Å²) in [7, 11) is 1.54. The molecule has 0 saturated heterocycles. The van der Waals surface area contributed by atoms with Gasteiger partial charge in [-0.25, -0.2) is 4.39 Å². The summed E-state index contributed by atoms with van der Waals surface area (Å²) >= 11 is 19.0. The van der Waals surface area contributed by atoms with E-state index in [1.807, 2.05) is 0 Å². The molecule has 8 heteroatoms. The van der Waals surface area contributed by atoms with Gasteiger partial charge in [-0.3, -0.25) is 9.79 Å². The first-order valence-electron chi connectivity index (χ1n) is 7.67. The Balaban J connectivity index is 2.51. The largest absolute Gasteiger partial charge is 0.396 e.